The molecule has 202 valence electrons. The van der Waals surface area contributed by atoms with Gasteiger partial charge in [-0.1, -0.05) is 5.21 Å². The zero-order valence-electron chi connectivity index (χ0n) is 22.3. The first-order valence-electron chi connectivity index (χ1n) is 13.1. The van der Waals surface area contributed by atoms with Gasteiger partial charge in [-0.05, 0) is 69.9 Å². The monoisotopic (exact) mass is 532 g/mol. The maximum absolute atomic E-state index is 15.8. The highest BCUT2D eigenvalue weighted by Gasteiger charge is 2.34. The summed E-state index contributed by atoms with van der Waals surface area (Å²) in [5.41, 5.74) is 3.15. The zero-order chi connectivity index (χ0) is 27.5. The van der Waals surface area contributed by atoms with Crippen molar-refractivity contribution < 1.29 is 18.6 Å². The summed E-state index contributed by atoms with van der Waals surface area (Å²) in [7, 11) is 1.72. The Morgan fingerprint density at radius 3 is 2.51 bits per heavy atom. The third-order valence-corrected chi connectivity index (χ3v) is 7.74. The van der Waals surface area contributed by atoms with E-state index in [1.54, 1.807) is 57.0 Å². The topological polar surface area (TPSA) is 90.9 Å². The maximum atomic E-state index is 15.8. The largest absolute Gasteiger partial charge is 0.386 e. The van der Waals surface area contributed by atoms with Crippen molar-refractivity contribution in [2.45, 2.75) is 45.3 Å². The lowest BCUT2D eigenvalue weighted by Crippen LogP contribution is -2.28. The van der Waals surface area contributed by atoms with Gasteiger partial charge in [0.25, 0.3) is 0 Å². The van der Waals surface area contributed by atoms with Crippen LogP contribution in [0.5, 0.6) is 0 Å². The Hall–Kier alpha value is -3.76. The average molecular weight is 533 g/mol. The van der Waals surface area contributed by atoms with Gasteiger partial charge in [0.1, 0.15) is 11.6 Å². The maximum Gasteiger partial charge on any atom is 0.146 e. The summed E-state index contributed by atoms with van der Waals surface area (Å²) >= 11 is 0. The highest BCUT2D eigenvalue weighted by Crippen LogP contribution is 2.42. The number of fused-ring (bicyclic) bond motifs is 3. The van der Waals surface area contributed by atoms with Crippen LogP contribution in [0.3, 0.4) is 0 Å². The van der Waals surface area contributed by atoms with E-state index in [1.807, 2.05) is 10.6 Å². The molecule has 0 radical (unpaired) electrons. The predicted molar refractivity (Wildman–Crippen MR) is 143 cm³/mol. The molecule has 4 aromatic heterocycles. The van der Waals surface area contributed by atoms with Gasteiger partial charge < -0.3 is 14.4 Å². The second-order valence-corrected chi connectivity index (χ2v) is 10.8. The molecule has 0 amide bonds. The molecule has 1 N–H and O–H groups in total. The van der Waals surface area contributed by atoms with E-state index in [9.17, 15) is 5.11 Å². The fraction of sp³-hybridized carbons (Fsp3) is 0.379. The second kappa shape index (κ2) is 9.46. The molecule has 0 aliphatic carbocycles. The van der Waals surface area contributed by atoms with E-state index >= 15 is 8.78 Å². The Morgan fingerprint density at radius 2 is 1.85 bits per heavy atom. The number of ether oxygens (including phenoxy) is 1. The van der Waals surface area contributed by atoms with Crippen molar-refractivity contribution in [1.82, 2.24) is 29.5 Å². The van der Waals surface area contributed by atoms with E-state index in [-0.39, 0.29) is 5.92 Å². The van der Waals surface area contributed by atoms with Gasteiger partial charge in [-0.15, -0.1) is 5.10 Å². The molecule has 1 aliphatic heterocycles. The molecular weight excluding hydrogens is 502 g/mol. The molecule has 1 aliphatic rings. The smallest absolute Gasteiger partial charge is 0.146 e. The normalized spacial score (nSPS) is 15.9. The van der Waals surface area contributed by atoms with Crippen molar-refractivity contribution in [3.63, 3.8) is 0 Å². The number of aromatic nitrogens is 6. The third kappa shape index (κ3) is 4.28. The van der Waals surface area contributed by atoms with Crippen LogP contribution in [0, 0.1) is 24.5 Å². The molecule has 1 atom stereocenters. The average Bonchev–Trinajstić information content (AvgIpc) is 3.40. The molecule has 8 nitrogen and oxygen atoms in total. The number of nitrogens with zero attached hydrogens (tertiary/aromatic N) is 6. The van der Waals surface area contributed by atoms with Crippen LogP contribution in [-0.4, -0.2) is 47.8 Å². The molecule has 5 heterocycles. The van der Waals surface area contributed by atoms with Gasteiger partial charge in [-0.3, -0.25) is 9.97 Å². The molecule has 10 heteroatoms. The van der Waals surface area contributed by atoms with Crippen molar-refractivity contribution in [3.05, 3.63) is 71.3 Å². The molecule has 1 saturated heterocycles. The van der Waals surface area contributed by atoms with Crippen molar-refractivity contribution in [3.8, 4) is 11.3 Å². The van der Waals surface area contributed by atoms with E-state index in [4.69, 9.17) is 9.72 Å². The molecule has 0 bridgehead atoms. The SMILES string of the molecule is Cc1nnn(C)c1-c1cc2c(cc1F)c1ncc(C(C)(C)O)cc1n2[C@H](c1ncccc1F)C1CCOCC1. The Bertz CT molecular complexity index is 1680. The fourth-order valence-corrected chi connectivity index (χ4v) is 5.77. The van der Waals surface area contributed by atoms with E-state index in [1.165, 1.54) is 12.1 Å². The van der Waals surface area contributed by atoms with Gasteiger partial charge in [0.2, 0.25) is 0 Å². The van der Waals surface area contributed by atoms with Crippen LogP contribution < -0.4 is 0 Å². The number of halogens is 2. The summed E-state index contributed by atoms with van der Waals surface area (Å²) < 4.78 is 40.5. The van der Waals surface area contributed by atoms with Crippen LogP contribution >= 0.6 is 0 Å². The minimum atomic E-state index is -1.17. The van der Waals surface area contributed by atoms with Crippen LogP contribution in [0.15, 0.2) is 42.7 Å². The van der Waals surface area contributed by atoms with Crippen molar-refractivity contribution in [2.24, 2.45) is 13.0 Å². The van der Waals surface area contributed by atoms with E-state index in [2.05, 4.69) is 15.3 Å². The van der Waals surface area contributed by atoms with Gasteiger partial charge in [0.15, 0.2) is 0 Å². The van der Waals surface area contributed by atoms with E-state index < -0.39 is 23.3 Å². The summed E-state index contributed by atoms with van der Waals surface area (Å²) in [4.78, 5) is 9.20. The van der Waals surface area contributed by atoms with E-state index in [0.717, 1.165) is 0 Å². The number of rotatable bonds is 5. The number of pyridine rings is 2. The molecule has 1 fully saturated rings. The summed E-state index contributed by atoms with van der Waals surface area (Å²) in [6, 6.07) is 7.59. The first-order chi connectivity index (χ1) is 18.6. The lowest BCUT2D eigenvalue weighted by Gasteiger charge is -2.32. The summed E-state index contributed by atoms with van der Waals surface area (Å²) in [5.74, 6) is -0.846. The van der Waals surface area contributed by atoms with Crippen LogP contribution in [0.2, 0.25) is 0 Å². The molecule has 39 heavy (non-hydrogen) atoms. The molecule has 0 saturated carbocycles. The van der Waals surface area contributed by atoms with Gasteiger partial charge in [0, 0.05) is 49.2 Å². The third-order valence-electron chi connectivity index (χ3n) is 7.74. The van der Waals surface area contributed by atoms with Gasteiger partial charge in [-0.2, -0.15) is 0 Å². The first-order valence-corrected chi connectivity index (χ1v) is 13.1. The van der Waals surface area contributed by atoms with Crippen molar-refractivity contribution in [1.29, 1.82) is 0 Å². The molecule has 6 rings (SSSR count). The number of hydrogen-bond donors (Lipinski definition) is 1. The quantitative estimate of drug-likeness (QED) is 0.334. The predicted octanol–water partition coefficient (Wildman–Crippen LogP) is 5.21. The molecule has 0 unspecified atom stereocenters. The Morgan fingerprint density at radius 1 is 1.08 bits per heavy atom. The highest BCUT2D eigenvalue weighted by molar-refractivity contribution is 6.07. The molecule has 0 spiro atoms. The van der Waals surface area contributed by atoms with Crippen LogP contribution in [0.4, 0.5) is 8.78 Å². The number of hydrogen-bond acceptors (Lipinski definition) is 6. The van der Waals surface area contributed by atoms with Gasteiger partial charge >= 0.3 is 0 Å². The van der Waals surface area contributed by atoms with Crippen LogP contribution in [0.1, 0.15) is 49.7 Å². The number of aryl methyl sites for hydroxylation is 2. The summed E-state index contributed by atoms with van der Waals surface area (Å²) in [6.07, 6.45) is 4.62. The van der Waals surface area contributed by atoms with Gasteiger partial charge in [0.05, 0.1) is 45.3 Å². The van der Waals surface area contributed by atoms with E-state index in [0.29, 0.717) is 76.2 Å². The number of benzene rings is 1. The van der Waals surface area contributed by atoms with Gasteiger partial charge in [-0.25, -0.2) is 13.5 Å². The summed E-state index contributed by atoms with van der Waals surface area (Å²) in [6.45, 7) is 6.27. The minimum Gasteiger partial charge on any atom is -0.386 e. The van der Waals surface area contributed by atoms with Crippen LogP contribution in [-0.2, 0) is 17.4 Å². The van der Waals surface area contributed by atoms with Crippen molar-refractivity contribution in [2.75, 3.05) is 13.2 Å². The lowest BCUT2D eigenvalue weighted by molar-refractivity contribution is 0.0542. The second-order valence-electron chi connectivity index (χ2n) is 10.8. The Labute approximate surface area is 224 Å². The lowest BCUT2D eigenvalue weighted by atomic mass is 9.88. The minimum absolute atomic E-state index is 0.00125. The number of aliphatic hydroxyl groups is 1. The Kier molecular flexibility index (Phi) is 6.19. The van der Waals surface area contributed by atoms with Crippen molar-refractivity contribution >= 4 is 21.9 Å². The highest BCUT2D eigenvalue weighted by atomic mass is 19.1. The molecule has 1 aromatic carbocycles. The molecular formula is C29H30F2N6O2. The standard InChI is InChI=1S/C29H30F2N6O2/c1-16-27(36(4)35-34-16)19-14-23-20(13-22(19)31)25-24(12-18(15-33-25)29(2,3)38)37(23)28(17-7-10-39-11-8-17)26-21(30)6-5-9-32-26/h5-6,9,12-15,17,28,38H,7-8,10-11H2,1-4H3/t28-/m0/s1. The zero-order valence-corrected chi connectivity index (χ0v) is 22.3. The fourth-order valence-electron chi connectivity index (χ4n) is 5.77. The first kappa shape index (κ1) is 25.5. The molecule has 5 aromatic rings. The van der Waals surface area contributed by atoms with Crippen LogP contribution in [0.25, 0.3) is 33.2 Å². The Balaban J connectivity index is 1.74. The summed E-state index contributed by atoms with van der Waals surface area (Å²) in [5, 5.41) is 19.6.